The van der Waals surface area contributed by atoms with Crippen molar-refractivity contribution in [1.29, 1.82) is 0 Å². The van der Waals surface area contributed by atoms with Crippen LogP contribution in [0.2, 0.25) is 0 Å². The van der Waals surface area contributed by atoms with Gasteiger partial charge in [-0.1, -0.05) is 0 Å². The summed E-state index contributed by atoms with van der Waals surface area (Å²) >= 11 is 0. The van der Waals surface area contributed by atoms with Gasteiger partial charge in [-0.2, -0.15) is 0 Å². The highest BCUT2D eigenvalue weighted by Crippen LogP contribution is 2.18. The van der Waals surface area contributed by atoms with Crippen molar-refractivity contribution in [2.45, 2.75) is 6.54 Å². The second kappa shape index (κ2) is 3.90. The lowest BCUT2D eigenvalue weighted by Gasteiger charge is -2.04. The number of H-pyrrole nitrogens is 1. The topological polar surface area (TPSA) is 41.1 Å². The quantitative estimate of drug-likeness (QED) is 0.828. The molecule has 1 N–H and O–H groups in total. The number of aromatic nitrogens is 2. The molecule has 0 radical (unpaired) electrons. The number of fused-ring (bicyclic) bond motifs is 1. The van der Waals surface area contributed by atoms with Crippen molar-refractivity contribution in [3.8, 4) is 5.75 Å². The van der Waals surface area contributed by atoms with Crippen molar-refractivity contribution in [3.05, 3.63) is 24.0 Å². The van der Waals surface area contributed by atoms with Crippen molar-refractivity contribution in [1.82, 2.24) is 14.9 Å². The van der Waals surface area contributed by atoms with Gasteiger partial charge in [-0.05, 0) is 26.2 Å². The Balaban J connectivity index is 2.37. The maximum absolute atomic E-state index is 5.15. The molecule has 1 aromatic carbocycles. The first kappa shape index (κ1) is 9.98. The van der Waals surface area contributed by atoms with Gasteiger partial charge >= 0.3 is 0 Å². The summed E-state index contributed by atoms with van der Waals surface area (Å²) in [6, 6.07) is 5.84. The predicted octanol–water partition coefficient (Wildman–Crippen LogP) is 1.63. The van der Waals surface area contributed by atoms with E-state index in [1.807, 2.05) is 32.3 Å². The number of ether oxygens (including phenoxy) is 1. The molecule has 1 heterocycles. The maximum Gasteiger partial charge on any atom is 0.121 e. The molecule has 4 nitrogen and oxygen atoms in total. The van der Waals surface area contributed by atoms with E-state index < -0.39 is 0 Å². The molecule has 0 aliphatic carbocycles. The average molecular weight is 205 g/mol. The second-order valence-corrected chi connectivity index (χ2v) is 3.80. The van der Waals surface area contributed by atoms with E-state index in [0.29, 0.717) is 0 Å². The Morgan fingerprint density at radius 3 is 2.87 bits per heavy atom. The van der Waals surface area contributed by atoms with Gasteiger partial charge in [-0.3, -0.25) is 0 Å². The molecule has 1 aromatic heterocycles. The molecule has 0 amide bonds. The van der Waals surface area contributed by atoms with Crippen LogP contribution in [0.1, 0.15) is 5.82 Å². The summed E-state index contributed by atoms with van der Waals surface area (Å²) in [5.74, 6) is 1.82. The van der Waals surface area contributed by atoms with E-state index in [-0.39, 0.29) is 0 Å². The SMILES string of the molecule is COc1ccc2nc(CN(C)C)[nH]c2c1. The molecular formula is C11H15N3O. The third-order valence-electron chi connectivity index (χ3n) is 2.20. The normalized spacial score (nSPS) is 11.2. The van der Waals surface area contributed by atoms with E-state index in [1.165, 1.54) is 0 Å². The lowest BCUT2D eigenvalue weighted by molar-refractivity contribution is 0.392. The van der Waals surface area contributed by atoms with Crippen LogP contribution >= 0.6 is 0 Å². The highest BCUT2D eigenvalue weighted by atomic mass is 16.5. The van der Waals surface area contributed by atoms with E-state index in [2.05, 4.69) is 14.9 Å². The van der Waals surface area contributed by atoms with Crippen LogP contribution in [0.25, 0.3) is 11.0 Å². The van der Waals surface area contributed by atoms with Crippen LogP contribution in [-0.2, 0) is 6.54 Å². The number of nitrogens with one attached hydrogen (secondary N) is 1. The van der Waals surface area contributed by atoms with E-state index in [4.69, 9.17) is 4.74 Å². The fourth-order valence-corrected chi connectivity index (χ4v) is 1.54. The third kappa shape index (κ3) is 2.10. The molecule has 15 heavy (non-hydrogen) atoms. The van der Waals surface area contributed by atoms with Gasteiger partial charge in [0.2, 0.25) is 0 Å². The lowest BCUT2D eigenvalue weighted by Crippen LogP contribution is -2.11. The van der Waals surface area contributed by atoms with Crippen LogP contribution in [0.15, 0.2) is 18.2 Å². The molecule has 0 aliphatic heterocycles. The largest absolute Gasteiger partial charge is 0.497 e. The number of nitrogens with zero attached hydrogens (tertiary/aromatic N) is 2. The molecule has 0 unspecified atom stereocenters. The van der Waals surface area contributed by atoms with E-state index in [1.54, 1.807) is 7.11 Å². The summed E-state index contributed by atoms with van der Waals surface area (Å²) in [5, 5.41) is 0. The molecular weight excluding hydrogens is 190 g/mol. The Morgan fingerprint density at radius 1 is 1.40 bits per heavy atom. The molecule has 0 saturated heterocycles. The Labute approximate surface area is 88.9 Å². The Kier molecular flexibility index (Phi) is 2.60. The van der Waals surface area contributed by atoms with Gasteiger partial charge in [0.1, 0.15) is 11.6 Å². The summed E-state index contributed by atoms with van der Waals surface area (Å²) < 4.78 is 5.15. The maximum atomic E-state index is 5.15. The van der Waals surface area contributed by atoms with Gasteiger partial charge in [-0.25, -0.2) is 4.98 Å². The number of hydrogen-bond donors (Lipinski definition) is 1. The number of aromatic amines is 1. The summed E-state index contributed by atoms with van der Waals surface area (Å²) in [6.07, 6.45) is 0. The standard InChI is InChI=1S/C11H15N3O/c1-14(2)7-11-12-9-5-4-8(15-3)6-10(9)13-11/h4-6H,7H2,1-3H3,(H,12,13). The van der Waals surface area contributed by atoms with Gasteiger partial charge in [0.25, 0.3) is 0 Å². The minimum atomic E-state index is 0.816. The molecule has 0 aliphatic rings. The molecule has 2 aromatic rings. The molecule has 80 valence electrons. The van der Waals surface area contributed by atoms with Crippen LogP contribution in [0.5, 0.6) is 5.75 Å². The second-order valence-electron chi connectivity index (χ2n) is 3.80. The fraction of sp³-hybridized carbons (Fsp3) is 0.364. The summed E-state index contributed by atoms with van der Waals surface area (Å²) in [6.45, 7) is 0.816. The Bertz CT molecular complexity index is 462. The van der Waals surface area contributed by atoms with Gasteiger partial charge in [0, 0.05) is 6.07 Å². The third-order valence-corrected chi connectivity index (χ3v) is 2.20. The Hall–Kier alpha value is -1.55. The Morgan fingerprint density at radius 2 is 2.20 bits per heavy atom. The first-order valence-electron chi connectivity index (χ1n) is 4.86. The van der Waals surface area contributed by atoms with E-state index in [9.17, 15) is 0 Å². The molecule has 0 fully saturated rings. The molecule has 2 rings (SSSR count). The highest BCUT2D eigenvalue weighted by Gasteiger charge is 2.04. The first-order chi connectivity index (χ1) is 7.19. The monoisotopic (exact) mass is 205 g/mol. The zero-order valence-electron chi connectivity index (χ0n) is 9.24. The minimum absolute atomic E-state index is 0.816. The average Bonchev–Trinajstić information content (AvgIpc) is 2.57. The number of rotatable bonds is 3. The number of benzene rings is 1. The molecule has 0 spiro atoms. The van der Waals surface area contributed by atoms with Crippen molar-refractivity contribution in [2.24, 2.45) is 0 Å². The molecule has 0 saturated carbocycles. The lowest BCUT2D eigenvalue weighted by atomic mass is 10.3. The minimum Gasteiger partial charge on any atom is -0.497 e. The van der Waals surface area contributed by atoms with Crippen LogP contribution < -0.4 is 4.74 Å². The van der Waals surface area contributed by atoms with Crippen LogP contribution in [0.4, 0.5) is 0 Å². The molecule has 4 heteroatoms. The number of imidazole rings is 1. The van der Waals surface area contributed by atoms with E-state index in [0.717, 1.165) is 29.2 Å². The molecule has 0 atom stereocenters. The van der Waals surface area contributed by atoms with Crippen molar-refractivity contribution >= 4 is 11.0 Å². The molecule has 0 bridgehead atoms. The van der Waals surface area contributed by atoms with E-state index >= 15 is 0 Å². The van der Waals surface area contributed by atoms with Gasteiger partial charge < -0.3 is 14.6 Å². The zero-order valence-corrected chi connectivity index (χ0v) is 9.24. The van der Waals surface area contributed by atoms with Crippen molar-refractivity contribution in [2.75, 3.05) is 21.2 Å². The fourth-order valence-electron chi connectivity index (χ4n) is 1.54. The summed E-state index contributed by atoms with van der Waals surface area (Å²) in [5.41, 5.74) is 2.00. The summed E-state index contributed by atoms with van der Waals surface area (Å²) in [4.78, 5) is 9.82. The highest BCUT2D eigenvalue weighted by molar-refractivity contribution is 5.76. The van der Waals surface area contributed by atoms with Crippen LogP contribution in [-0.4, -0.2) is 36.1 Å². The van der Waals surface area contributed by atoms with Crippen LogP contribution in [0, 0.1) is 0 Å². The van der Waals surface area contributed by atoms with Crippen molar-refractivity contribution < 1.29 is 4.74 Å². The zero-order chi connectivity index (χ0) is 10.8. The first-order valence-corrected chi connectivity index (χ1v) is 4.86. The smallest absolute Gasteiger partial charge is 0.121 e. The number of methoxy groups -OCH3 is 1. The number of hydrogen-bond acceptors (Lipinski definition) is 3. The van der Waals surface area contributed by atoms with Gasteiger partial charge in [0.15, 0.2) is 0 Å². The van der Waals surface area contributed by atoms with Crippen molar-refractivity contribution in [3.63, 3.8) is 0 Å². The van der Waals surface area contributed by atoms with Gasteiger partial charge in [0.05, 0.1) is 24.7 Å². The summed E-state index contributed by atoms with van der Waals surface area (Å²) in [7, 11) is 5.71. The predicted molar refractivity (Wildman–Crippen MR) is 60.0 cm³/mol. The van der Waals surface area contributed by atoms with Gasteiger partial charge in [-0.15, -0.1) is 0 Å². The van der Waals surface area contributed by atoms with Crippen LogP contribution in [0.3, 0.4) is 0 Å².